The molecule has 1 aromatic rings. The molecule has 1 aliphatic carbocycles. The van der Waals surface area contributed by atoms with Crippen LogP contribution in [-0.4, -0.2) is 47.8 Å². The first-order valence-corrected chi connectivity index (χ1v) is 12.9. The lowest BCUT2D eigenvalue weighted by Gasteiger charge is -2.33. The minimum Gasteiger partial charge on any atom is -0.383 e. The van der Waals surface area contributed by atoms with Crippen molar-refractivity contribution < 1.29 is 28.8 Å². The summed E-state index contributed by atoms with van der Waals surface area (Å²) in [5.74, 6) is 0.787. The van der Waals surface area contributed by atoms with Crippen LogP contribution in [0.2, 0.25) is 0 Å². The molecule has 1 amide bonds. The summed E-state index contributed by atoms with van der Waals surface area (Å²) in [6, 6.07) is 0. The van der Waals surface area contributed by atoms with E-state index in [0.717, 1.165) is 32.1 Å². The molecule has 10 nitrogen and oxygen atoms in total. The molecule has 0 aromatic carbocycles. The number of thiol groups is 1. The number of aliphatic hydroxyl groups excluding tert-OH is 1. The molecule has 32 heavy (non-hydrogen) atoms. The molecule has 1 aromatic heterocycles. The molecule has 0 saturated heterocycles. The standard InChI is InChI=1S/C20H33N4O6PS/c1-14(24(13-25)12-16-11-22-15(2)23-18(16)21)17(7-10-30-31(27,28)29)32-19(26)20(3)8-5-4-6-9-20/h11,13,26,32H,4-10,12H2,1-3H3,(H2,21,22,23)(H2,27,28,29)/b17-14-. The number of nitrogens with zero attached hydrogens (tertiary/aromatic N) is 3. The van der Waals surface area contributed by atoms with Gasteiger partial charge in [0.05, 0.1) is 18.2 Å². The van der Waals surface area contributed by atoms with E-state index >= 15 is 0 Å². The van der Waals surface area contributed by atoms with Gasteiger partial charge in [0.25, 0.3) is 0 Å². The number of carbonyl (C=O) groups is 1. The fraction of sp³-hybridized carbons (Fsp3) is 0.600. The Kier molecular flexibility index (Phi) is 9.56. The van der Waals surface area contributed by atoms with Crippen LogP contribution in [0.4, 0.5) is 5.82 Å². The minimum atomic E-state index is -4.63. The molecule has 0 aliphatic heterocycles. The Labute approximate surface area is 192 Å². The number of aliphatic hydroxyl groups is 1. The second-order valence-electron chi connectivity index (χ2n) is 8.22. The van der Waals surface area contributed by atoms with Crippen LogP contribution in [0.5, 0.6) is 0 Å². The summed E-state index contributed by atoms with van der Waals surface area (Å²) >= 11 is 0.503. The van der Waals surface area contributed by atoms with Gasteiger partial charge in [0, 0.05) is 29.3 Å². The zero-order valence-electron chi connectivity index (χ0n) is 18.7. The van der Waals surface area contributed by atoms with E-state index in [-0.39, 0.29) is 35.9 Å². The van der Waals surface area contributed by atoms with Gasteiger partial charge in [-0.15, -0.1) is 11.4 Å². The van der Waals surface area contributed by atoms with E-state index < -0.39 is 7.82 Å². The smallest absolute Gasteiger partial charge is 0.383 e. The van der Waals surface area contributed by atoms with Crippen LogP contribution < -0.4 is 5.73 Å². The van der Waals surface area contributed by atoms with Crippen molar-refractivity contribution in [3.8, 4) is 0 Å². The predicted molar refractivity (Wildman–Crippen MR) is 126 cm³/mol. The monoisotopic (exact) mass is 488 g/mol. The molecular weight excluding hydrogens is 455 g/mol. The van der Waals surface area contributed by atoms with Crippen LogP contribution in [0, 0.1) is 12.3 Å². The second-order valence-corrected chi connectivity index (χ2v) is 10.7. The lowest BCUT2D eigenvalue weighted by Crippen LogP contribution is -2.29. The molecule has 1 heterocycles. The van der Waals surface area contributed by atoms with Crippen molar-refractivity contribution in [3.63, 3.8) is 0 Å². The summed E-state index contributed by atoms with van der Waals surface area (Å²) in [6.45, 7) is 5.32. The lowest BCUT2D eigenvalue weighted by atomic mass is 9.76. The number of nitrogens with two attached hydrogens (primary N) is 1. The van der Waals surface area contributed by atoms with E-state index in [1.54, 1.807) is 20.0 Å². The van der Waals surface area contributed by atoms with Gasteiger partial charge in [0.15, 0.2) is 0 Å². The first-order valence-electron chi connectivity index (χ1n) is 10.4. The summed E-state index contributed by atoms with van der Waals surface area (Å²) in [7, 11) is -4.63. The van der Waals surface area contributed by atoms with Gasteiger partial charge in [0.2, 0.25) is 6.41 Å². The number of allylic oxidation sites excluding steroid dienone is 1. The molecule has 1 saturated carbocycles. The van der Waals surface area contributed by atoms with E-state index in [4.69, 9.17) is 15.5 Å². The summed E-state index contributed by atoms with van der Waals surface area (Å²) in [5.41, 5.74) is 6.74. The van der Waals surface area contributed by atoms with Gasteiger partial charge in [-0.2, -0.15) is 0 Å². The van der Waals surface area contributed by atoms with Gasteiger partial charge in [-0.25, -0.2) is 14.5 Å². The molecule has 1 fully saturated rings. The number of hydrogen-bond donors (Lipinski definition) is 5. The number of anilines is 1. The summed E-state index contributed by atoms with van der Waals surface area (Å²) < 4.78 is 15.7. The molecule has 0 unspecified atom stereocenters. The van der Waals surface area contributed by atoms with Crippen molar-refractivity contribution in [2.24, 2.45) is 5.41 Å². The Balaban J connectivity index is 2.37. The van der Waals surface area contributed by atoms with Crippen LogP contribution in [-0.2, 0) is 20.4 Å². The third-order valence-electron chi connectivity index (χ3n) is 5.67. The number of aryl methyl sites for hydroxylation is 1. The van der Waals surface area contributed by atoms with Gasteiger partial charge in [-0.1, -0.05) is 26.2 Å². The Morgan fingerprint density at radius 3 is 2.59 bits per heavy atom. The number of amides is 1. The highest BCUT2D eigenvalue weighted by Gasteiger charge is 2.31. The molecule has 12 heteroatoms. The van der Waals surface area contributed by atoms with Crippen molar-refractivity contribution in [2.75, 3.05) is 12.3 Å². The third kappa shape index (κ3) is 7.75. The van der Waals surface area contributed by atoms with Crippen LogP contribution in [0.3, 0.4) is 0 Å². The highest BCUT2D eigenvalue weighted by molar-refractivity contribution is 8.02. The second kappa shape index (κ2) is 11.5. The van der Waals surface area contributed by atoms with E-state index in [0.29, 0.717) is 39.8 Å². The maximum atomic E-state index is 11.9. The molecule has 1 aliphatic rings. The van der Waals surface area contributed by atoms with Crippen LogP contribution in [0.25, 0.3) is 0 Å². The number of phosphoric acid groups is 1. The zero-order valence-corrected chi connectivity index (χ0v) is 20.5. The zero-order chi connectivity index (χ0) is 23.9. The van der Waals surface area contributed by atoms with Crippen molar-refractivity contribution >= 4 is 36.5 Å². The van der Waals surface area contributed by atoms with Gasteiger partial charge < -0.3 is 25.5 Å². The molecule has 0 spiro atoms. The van der Waals surface area contributed by atoms with E-state index in [9.17, 15) is 14.5 Å². The SMILES string of the molecule is C/C(=C(CCOP(=O)(O)O)/[SH]=C(\O)C1(C)CCCCC1)N(C=O)Cc1cnc(C)nc1N. The van der Waals surface area contributed by atoms with E-state index in [2.05, 4.69) is 14.5 Å². The van der Waals surface area contributed by atoms with Gasteiger partial charge >= 0.3 is 7.82 Å². The van der Waals surface area contributed by atoms with Crippen LogP contribution in [0.15, 0.2) is 16.8 Å². The van der Waals surface area contributed by atoms with Gasteiger partial charge in [-0.3, -0.25) is 9.32 Å². The number of aromatic nitrogens is 2. The predicted octanol–water partition coefficient (Wildman–Crippen LogP) is 3.18. The molecule has 0 bridgehead atoms. The first kappa shape index (κ1) is 26.6. The molecule has 180 valence electrons. The largest absolute Gasteiger partial charge is 0.469 e. The molecule has 0 atom stereocenters. The fourth-order valence-corrected chi connectivity index (χ4v) is 5.19. The number of carbonyl (C=O) groups excluding carboxylic acids is 1. The Bertz CT molecular complexity index is 927. The summed E-state index contributed by atoms with van der Waals surface area (Å²) in [6.07, 6.45) is 7.26. The summed E-state index contributed by atoms with van der Waals surface area (Å²) in [5, 5.41) is 11.2. The first-order chi connectivity index (χ1) is 14.9. The number of rotatable bonds is 10. The number of hydrogen-bond acceptors (Lipinski definition) is 6. The number of nitrogen functional groups attached to an aromatic ring is 1. The lowest BCUT2D eigenvalue weighted by molar-refractivity contribution is -0.116. The minimum absolute atomic E-state index is 0.123. The van der Waals surface area contributed by atoms with Crippen molar-refractivity contribution in [2.45, 2.75) is 65.8 Å². The highest BCUT2D eigenvalue weighted by Crippen LogP contribution is 2.40. The molecule has 0 radical (unpaired) electrons. The average molecular weight is 489 g/mol. The van der Waals surface area contributed by atoms with Gasteiger partial charge in [0.1, 0.15) is 11.6 Å². The maximum Gasteiger partial charge on any atom is 0.469 e. The Hall–Kier alpha value is -1.62. The van der Waals surface area contributed by atoms with Gasteiger partial charge in [-0.05, 0) is 31.6 Å². The topological polar surface area (TPSA) is 159 Å². The fourth-order valence-electron chi connectivity index (χ4n) is 3.62. The van der Waals surface area contributed by atoms with E-state index in [1.807, 2.05) is 6.92 Å². The number of phosphoric ester groups is 1. The van der Waals surface area contributed by atoms with Crippen LogP contribution in [0.1, 0.15) is 63.8 Å². The van der Waals surface area contributed by atoms with Crippen LogP contribution >= 0.6 is 19.2 Å². The Morgan fingerprint density at radius 1 is 1.38 bits per heavy atom. The Morgan fingerprint density at radius 2 is 2.03 bits per heavy atom. The molecule has 2 rings (SSSR count). The summed E-state index contributed by atoms with van der Waals surface area (Å²) in [4.78, 5) is 40.2. The quantitative estimate of drug-likeness (QED) is 0.144. The van der Waals surface area contributed by atoms with Crippen molar-refractivity contribution in [1.29, 1.82) is 0 Å². The van der Waals surface area contributed by atoms with E-state index in [1.165, 1.54) is 4.90 Å². The maximum absolute atomic E-state index is 11.9. The van der Waals surface area contributed by atoms with Crippen molar-refractivity contribution in [1.82, 2.24) is 14.9 Å². The third-order valence-corrected chi connectivity index (χ3v) is 7.76. The molecule has 5 N–H and O–H groups in total. The highest BCUT2D eigenvalue weighted by atomic mass is 32.1. The van der Waals surface area contributed by atoms with Crippen molar-refractivity contribution in [3.05, 3.63) is 28.2 Å². The normalized spacial score (nSPS) is 17.9. The molecular formula is C20H33N4O6PS. The average Bonchev–Trinajstić information content (AvgIpc) is 2.71.